The monoisotopic (exact) mass is 468 g/mol. The topological polar surface area (TPSA) is 40.6 Å². The van der Waals surface area contributed by atoms with E-state index >= 15 is 0 Å². The molecule has 0 saturated carbocycles. The van der Waals surface area contributed by atoms with Crippen LogP contribution in [0.3, 0.4) is 0 Å². The predicted octanol–water partition coefficient (Wildman–Crippen LogP) is 5.43. The molecule has 5 rings (SSSR count). The van der Waals surface area contributed by atoms with Gasteiger partial charge in [0.15, 0.2) is 23.3 Å². The van der Waals surface area contributed by atoms with Crippen LogP contribution in [0, 0.1) is 23.3 Å². The molecule has 0 unspecified atom stereocenters. The highest BCUT2D eigenvalue weighted by molar-refractivity contribution is 6.11. The van der Waals surface area contributed by atoms with Crippen LogP contribution in [0.15, 0.2) is 48.5 Å². The Morgan fingerprint density at radius 1 is 0.618 bits per heavy atom. The number of rotatable bonds is 2. The van der Waals surface area contributed by atoms with Gasteiger partial charge in [-0.25, -0.2) is 17.6 Å². The summed E-state index contributed by atoms with van der Waals surface area (Å²) in [4.78, 5) is 29.3. The maximum absolute atomic E-state index is 13.9. The Kier molecular flexibility index (Phi) is 5.59. The van der Waals surface area contributed by atoms with Crippen LogP contribution in [0.2, 0.25) is 0 Å². The minimum absolute atomic E-state index is 0.214. The van der Waals surface area contributed by atoms with E-state index in [2.05, 4.69) is 0 Å². The average molecular weight is 468 g/mol. The third-order valence-corrected chi connectivity index (χ3v) is 6.33. The van der Waals surface area contributed by atoms with Gasteiger partial charge in [-0.05, 0) is 67.1 Å². The number of hydrogen-bond donors (Lipinski definition) is 0. The molecule has 0 aromatic heterocycles. The zero-order chi connectivity index (χ0) is 24.0. The van der Waals surface area contributed by atoms with Crippen molar-refractivity contribution in [2.45, 2.75) is 25.7 Å². The Hall–Kier alpha value is -3.68. The van der Waals surface area contributed by atoms with Gasteiger partial charge in [-0.15, -0.1) is 0 Å². The number of nitrogens with zero attached hydrogens (tertiary/aromatic N) is 2. The smallest absolute Gasteiger partial charge is 0.258 e. The second-order valence-corrected chi connectivity index (χ2v) is 8.49. The molecule has 2 heterocycles. The summed E-state index contributed by atoms with van der Waals surface area (Å²) in [6.07, 6.45) is 2.24. The maximum Gasteiger partial charge on any atom is 0.258 e. The van der Waals surface area contributed by atoms with Crippen LogP contribution in [-0.4, -0.2) is 24.9 Å². The third-order valence-electron chi connectivity index (χ3n) is 6.33. The minimum Gasteiger partial charge on any atom is -0.308 e. The maximum atomic E-state index is 13.9. The molecular formula is C26H20F4N2O2. The van der Waals surface area contributed by atoms with Crippen LogP contribution in [0.25, 0.3) is 0 Å². The van der Waals surface area contributed by atoms with Gasteiger partial charge in [-0.2, -0.15) is 0 Å². The van der Waals surface area contributed by atoms with Crippen molar-refractivity contribution in [1.82, 2.24) is 0 Å². The van der Waals surface area contributed by atoms with E-state index in [1.54, 1.807) is 18.2 Å². The average Bonchev–Trinajstić information content (AvgIpc) is 2.84. The van der Waals surface area contributed by atoms with Crippen LogP contribution < -0.4 is 9.80 Å². The highest BCUT2D eigenvalue weighted by Gasteiger charge is 2.28. The van der Waals surface area contributed by atoms with E-state index in [0.717, 1.165) is 24.3 Å². The van der Waals surface area contributed by atoms with E-state index in [1.807, 2.05) is 0 Å². The molecule has 0 bridgehead atoms. The Morgan fingerprint density at radius 3 is 1.47 bits per heavy atom. The van der Waals surface area contributed by atoms with E-state index in [0.29, 0.717) is 61.3 Å². The Balaban J connectivity index is 1.46. The van der Waals surface area contributed by atoms with Gasteiger partial charge in [0.05, 0.1) is 11.4 Å². The van der Waals surface area contributed by atoms with Crippen LogP contribution in [0.1, 0.15) is 44.7 Å². The van der Waals surface area contributed by atoms with Gasteiger partial charge < -0.3 is 9.80 Å². The van der Waals surface area contributed by atoms with Gasteiger partial charge >= 0.3 is 0 Å². The third kappa shape index (κ3) is 3.83. The standard InChI is InChI=1S/C26H20F4N2O2/c27-19-11-15-6-2-8-31(23(15)13-21(19)29)25(33)17-4-1-5-18(10-17)26(34)32-9-3-7-16-12-20(28)22(30)14-24(16)32/h1,4-5,10-14H,2-3,6-9H2. The molecule has 34 heavy (non-hydrogen) atoms. The van der Waals surface area contributed by atoms with Crippen molar-refractivity contribution in [2.75, 3.05) is 22.9 Å². The lowest BCUT2D eigenvalue weighted by molar-refractivity contribution is 0.0984. The number of anilines is 2. The highest BCUT2D eigenvalue weighted by Crippen LogP contribution is 2.32. The largest absolute Gasteiger partial charge is 0.308 e. The van der Waals surface area contributed by atoms with Crippen LogP contribution in [0.4, 0.5) is 28.9 Å². The summed E-state index contributed by atoms with van der Waals surface area (Å²) >= 11 is 0. The molecule has 0 fully saturated rings. The van der Waals surface area contributed by atoms with Gasteiger partial charge in [0.1, 0.15) is 0 Å². The van der Waals surface area contributed by atoms with Crippen molar-refractivity contribution in [3.8, 4) is 0 Å². The number of carbonyl (C=O) groups is 2. The molecule has 0 saturated heterocycles. The molecule has 0 atom stereocenters. The normalized spacial score (nSPS) is 15.1. The first kappa shape index (κ1) is 22.1. The molecule has 2 aliphatic heterocycles. The summed E-state index contributed by atoms with van der Waals surface area (Å²) in [5.74, 6) is -4.86. The molecule has 0 aliphatic carbocycles. The number of fused-ring (bicyclic) bond motifs is 2. The van der Waals surface area contributed by atoms with Gasteiger partial charge in [-0.3, -0.25) is 9.59 Å². The summed E-state index contributed by atoms with van der Waals surface area (Å²) in [5.41, 5.74) is 2.15. The zero-order valence-corrected chi connectivity index (χ0v) is 18.1. The molecule has 8 heteroatoms. The Bertz CT molecular complexity index is 1230. The zero-order valence-electron chi connectivity index (χ0n) is 18.1. The molecule has 0 spiro atoms. The number of carbonyl (C=O) groups excluding carboxylic acids is 2. The lowest BCUT2D eigenvalue weighted by atomic mass is 9.99. The Labute approximate surface area is 193 Å². The second kappa shape index (κ2) is 8.59. The fourth-order valence-corrected chi connectivity index (χ4v) is 4.67. The molecule has 0 N–H and O–H groups in total. The molecule has 4 nitrogen and oxygen atoms in total. The van der Waals surface area contributed by atoms with Crippen molar-refractivity contribution >= 4 is 23.2 Å². The van der Waals surface area contributed by atoms with E-state index < -0.39 is 35.1 Å². The number of hydrogen-bond acceptors (Lipinski definition) is 2. The first-order valence-corrected chi connectivity index (χ1v) is 11.0. The quantitative estimate of drug-likeness (QED) is 0.471. The lowest BCUT2D eigenvalue weighted by Gasteiger charge is -2.31. The summed E-state index contributed by atoms with van der Waals surface area (Å²) in [7, 11) is 0. The summed E-state index contributed by atoms with van der Waals surface area (Å²) in [6.45, 7) is 0.666. The minimum atomic E-state index is -1.03. The molecule has 3 aromatic rings. The van der Waals surface area contributed by atoms with Crippen LogP contribution >= 0.6 is 0 Å². The number of benzene rings is 3. The first-order valence-electron chi connectivity index (χ1n) is 11.0. The molecular weight excluding hydrogens is 448 g/mol. The van der Waals surface area contributed by atoms with Crippen molar-refractivity contribution in [3.05, 3.63) is 94.1 Å². The molecule has 2 amide bonds. The second-order valence-electron chi connectivity index (χ2n) is 8.49. The van der Waals surface area contributed by atoms with E-state index in [-0.39, 0.29) is 11.1 Å². The van der Waals surface area contributed by atoms with Crippen molar-refractivity contribution in [1.29, 1.82) is 0 Å². The van der Waals surface area contributed by atoms with E-state index in [9.17, 15) is 27.2 Å². The van der Waals surface area contributed by atoms with Crippen LogP contribution in [-0.2, 0) is 12.8 Å². The lowest BCUT2D eigenvalue weighted by Crippen LogP contribution is -2.37. The van der Waals surface area contributed by atoms with Gasteiger partial charge in [0, 0.05) is 36.3 Å². The number of amides is 2. The van der Waals surface area contributed by atoms with E-state index in [1.165, 1.54) is 15.9 Å². The van der Waals surface area contributed by atoms with E-state index in [4.69, 9.17) is 0 Å². The molecule has 3 aromatic carbocycles. The fourth-order valence-electron chi connectivity index (χ4n) is 4.67. The van der Waals surface area contributed by atoms with Crippen molar-refractivity contribution < 1.29 is 27.2 Å². The predicted molar refractivity (Wildman–Crippen MR) is 119 cm³/mol. The van der Waals surface area contributed by atoms with Gasteiger partial charge in [0.2, 0.25) is 0 Å². The van der Waals surface area contributed by atoms with Gasteiger partial charge in [0.25, 0.3) is 11.8 Å². The van der Waals surface area contributed by atoms with Crippen LogP contribution in [0.5, 0.6) is 0 Å². The number of halogens is 4. The summed E-state index contributed by atoms with van der Waals surface area (Å²) < 4.78 is 55.1. The first-order chi connectivity index (χ1) is 16.3. The summed E-state index contributed by atoms with van der Waals surface area (Å²) in [6, 6.07) is 10.4. The fraction of sp³-hybridized carbons (Fsp3) is 0.231. The van der Waals surface area contributed by atoms with Gasteiger partial charge in [-0.1, -0.05) is 6.07 Å². The Morgan fingerprint density at radius 2 is 1.03 bits per heavy atom. The summed E-state index contributed by atoms with van der Waals surface area (Å²) in [5, 5.41) is 0. The van der Waals surface area contributed by atoms with Crippen molar-refractivity contribution in [2.24, 2.45) is 0 Å². The van der Waals surface area contributed by atoms with Crippen molar-refractivity contribution in [3.63, 3.8) is 0 Å². The molecule has 174 valence electrons. The molecule has 2 aliphatic rings. The highest BCUT2D eigenvalue weighted by atomic mass is 19.2. The SMILES string of the molecule is O=C(c1cccc(C(=O)N2CCCc3cc(F)c(F)cc32)c1)N1CCCc2cc(F)c(F)cc21. The molecule has 0 radical (unpaired) electrons. The number of aryl methyl sites for hydroxylation is 2.